The summed E-state index contributed by atoms with van der Waals surface area (Å²) in [6.07, 6.45) is -0.583. The molecule has 1 saturated heterocycles. The molecule has 9 nitrogen and oxygen atoms in total. The number of alkyl halides is 3. The topological polar surface area (TPSA) is 99.7 Å². The SMILES string of the molecule is COc1cc(CN2CCCC2)ccc1Nc1ncc(C(F)(F)F)c(NCc2ccc(C)cc2N(C)S(C)(=O)=O)n1. The molecular weight excluding hydrogens is 545 g/mol. The molecule has 2 heterocycles. The second-order valence-electron chi connectivity index (χ2n) is 9.81. The number of hydrogen-bond acceptors (Lipinski definition) is 8. The fourth-order valence-corrected chi connectivity index (χ4v) is 5.04. The van der Waals surface area contributed by atoms with Gasteiger partial charge in [0.25, 0.3) is 0 Å². The lowest BCUT2D eigenvalue weighted by molar-refractivity contribution is -0.137. The quantitative estimate of drug-likeness (QED) is 0.341. The number of ether oxygens (including phenoxy) is 1. The molecule has 13 heteroatoms. The highest BCUT2D eigenvalue weighted by atomic mass is 32.2. The third-order valence-electron chi connectivity index (χ3n) is 6.74. The largest absolute Gasteiger partial charge is 0.495 e. The fraction of sp³-hybridized carbons (Fsp3) is 0.407. The van der Waals surface area contributed by atoms with E-state index in [2.05, 4.69) is 25.5 Å². The predicted molar refractivity (Wildman–Crippen MR) is 150 cm³/mol. The maximum Gasteiger partial charge on any atom is 0.421 e. The van der Waals surface area contributed by atoms with Crippen LogP contribution in [0.4, 0.5) is 36.3 Å². The maximum atomic E-state index is 13.8. The highest BCUT2D eigenvalue weighted by Crippen LogP contribution is 2.36. The molecule has 0 unspecified atom stereocenters. The van der Waals surface area contributed by atoms with Crippen molar-refractivity contribution in [3.63, 3.8) is 0 Å². The molecule has 40 heavy (non-hydrogen) atoms. The lowest BCUT2D eigenvalue weighted by Gasteiger charge is -2.22. The van der Waals surface area contributed by atoms with Crippen LogP contribution in [0.1, 0.15) is 35.1 Å². The van der Waals surface area contributed by atoms with Crippen LogP contribution < -0.4 is 19.7 Å². The zero-order valence-corrected chi connectivity index (χ0v) is 23.7. The Morgan fingerprint density at radius 2 is 1.85 bits per heavy atom. The van der Waals surface area contributed by atoms with Gasteiger partial charge in [0.1, 0.15) is 17.1 Å². The van der Waals surface area contributed by atoms with Crippen LogP contribution in [-0.2, 0) is 29.3 Å². The number of likely N-dealkylation sites (tertiary alicyclic amines) is 1. The van der Waals surface area contributed by atoms with Crippen molar-refractivity contribution in [2.24, 2.45) is 0 Å². The number of nitrogens with one attached hydrogen (secondary N) is 2. The third kappa shape index (κ3) is 7.13. The van der Waals surface area contributed by atoms with Crippen LogP contribution in [0, 0.1) is 6.92 Å². The van der Waals surface area contributed by atoms with E-state index in [1.54, 1.807) is 31.2 Å². The van der Waals surface area contributed by atoms with Crippen molar-refractivity contribution in [1.29, 1.82) is 0 Å². The zero-order valence-electron chi connectivity index (χ0n) is 22.8. The highest BCUT2D eigenvalue weighted by Gasteiger charge is 2.35. The number of hydrogen-bond donors (Lipinski definition) is 2. The average Bonchev–Trinajstić information content (AvgIpc) is 3.40. The van der Waals surface area contributed by atoms with Gasteiger partial charge < -0.3 is 15.4 Å². The molecule has 2 aromatic carbocycles. The van der Waals surface area contributed by atoms with Crippen LogP contribution in [0.15, 0.2) is 42.6 Å². The van der Waals surface area contributed by atoms with Gasteiger partial charge in [0.2, 0.25) is 16.0 Å². The van der Waals surface area contributed by atoms with E-state index in [-0.39, 0.29) is 12.5 Å². The monoisotopic (exact) mass is 578 g/mol. The first-order chi connectivity index (χ1) is 18.8. The summed E-state index contributed by atoms with van der Waals surface area (Å²) in [7, 11) is -0.677. The highest BCUT2D eigenvalue weighted by molar-refractivity contribution is 7.92. The van der Waals surface area contributed by atoms with Crippen LogP contribution in [0.25, 0.3) is 0 Å². The van der Waals surface area contributed by atoms with Gasteiger partial charge in [0.05, 0.1) is 24.7 Å². The smallest absolute Gasteiger partial charge is 0.421 e. The molecule has 0 radical (unpaired) electrons. The molecule has 0 amide bonds. The van der Waals surface area contributed by atoms with Crippen molar-refractivity contribution < 1.29 is 26.3 Å². The van der Waals surface area contributed by atoms with E-state index in [0.29, 0.717) is 28.9 Å². The predicted octanol–water partition coefficient (Wildman–Crippen LogP) is 5.16. The first kappa shape index (κ1) is 29.4. The first-order valence-corrected chi connectivity index (χ1v) is 14.6. The van der Waals surface area contributed by atoms with Crippen LogP contribution in [0.3, 0.4) is 0 Å². The number of rotatable bonds is 10. The Balaban J connectivity index is 1.60. The average molecular weight is 579 g/mol. The maximum absolute atomic E-state index is 13.8. The van der Waals surface area contributed by atoms with Crippen molar-refractivity contribution >= 4 is 33.2 Å². The Morgan fingerprint density at radius 1 is 1.12 bits per heavy atom. The van der Waals surface area contributed by atoms with Gasteiger partial charge in [-0.3, -0.25) is 9.21 Å². The summed E-state index contributed by atoms with van der Waals surface area (Å²) in [4.78, 5) is 10.4. The second kappa shape index (κ2) is 11.9. The number of benzene rings is 2. The number of anilines is 4. The standard InChI is InChI=1S/C27H33F3N6O3S/c1-18-7-9-20(23(13-18)35(2)40(4,37)38)15-31-25-21(27(28,29)30)16-32-26(34-25)33-22-10-8-19(14-24(22)39-3)17-36-11-5-6-12-36/h7-10,13-14,16H,5-6,11-12,15,17H2,1-4H3,(H2,31,32,33,34). The Hall–Kier alpha value is -3.58. The lowest BCUT2D eigenvalue weighted by Crippen LogP contribution is -2.26. The molecule has 0 atom stereocenters. The van der Waals surface area contributed by atoms with Gasteiger partial charge in [-0.15, -0.1) is 0 Å². The molecule has 2 N–H and O–H groups in total. The molecule has 1 aliphatic heterocycles. The van der Waals surface area contributed by atoms with Gasteiger partial charge >= 0.3 is 6.18 Å². The van der Waals surface area contributed by atoms with E-state index in [1.165, 1.54) is 27.0 Å². The summed E-state index contributed by atoms with van der Waals surface area (Å²) in [5, 5.41) is 5.70. The number of aryl methyl sites for hydroxylation is 1. The molecule has 4 rings (SSSR count). The summed E-state index contributed by atoms with van der Waals surface area (Å²) < 4.78 is 72.4. The molecule has 3 aromatic rings. The van der Waals surface area contributed by atoms with Gasteiger partial charge in [0, 0.05) is 26.3 Å². The van der Waals surface area contributed by atoms with Crippen LogP contribution >= 0.6 is 0 Å². The van der Waals surface area contributed by atoms with E-state index < -0.39 is 27.6 Å². The zero-order chi connectivity index (χ0) is 29.1. The normalized spacial score (nSPS) is 14.3. The summed E-state index contributed by atoms with van der Waals surface area (Å²) in [6.45, 7) is 4.58. The molecule has 0 aliphatic carbocycles. The minimum atomic E-state index is -4.71. The summed E-state index contributed by atoms with van der Waals surface area (Å²) in [5.74, 6) is 0.0180. The van der Waals surface area contributed by atoms with Crippen molar-refractivity contribution in [2.75, 3.05) is 48.4 Å². The number of methoxy groups -OCH3 is 1. The Kier molecular flexibility index (Phi) is 8.74. The second-order valence-corrected chi connectivity index (χ2v) is 11.8. The molecule has 0 saturated carbocycles. The summed E-state index contributed by atoms with van der Waals surface area (Å²) in [5.41, 5.74) is 2.17. The Labute approximate surface area is 232 Å². The van der Waals surface area contributed by atoms with Gasteiger partial charge in [-0.1, -0.05) is 18.2 Å². The molecule has 1 aromatic heterocycles. The Morgan fingerprint density at radius 3 is 2.50 bits per heavy atom. The van der Waals surface area contributed by atoms with E-state index in [4.69, 9.17) is 4.74 Å². The van der Waals surface area contributed by atoms with E-state index in [9.17, 15) is 21.6 Å². The van der Waals surface area contributed by atoms with Crippen molar-refractivity contribution in [3.05, 3.63) is 64.8 Å². The summed E-state index contributed by atoms with van der Waals surface area (Å²) >= 11 is 0. The van der Waals surface area contributed by atoms with Gasteiger partial charge in [0.15, 0.2) is 0 Å². The number of nitrogens with zero attached hydrogens (tertiary/aromatic N) is 4. The lowest BCUT2D eigenvalue weighted by atomic mass is 10.1. The van der Waals surface area contributed by atoms with E-state index >= 15 is 0 Å². The van der Waals surface area contributed by atoms with Gasteiger partial charge in [-0.25, -0.2) is 13.4 Å². The minimum Gasteiger partial charge on any atom is -0.495 e. The van der Waals surface area contributed by atoms with Crippen LogP contribution in [-0.4, -0.2) is 56.8 Å². The first-order valence-electron chi connectivity index (χ1n) is 12.7. The van der Waals surface area contributed by atoms with Crippen molar-refractivity contribution in [3.8, 4) is 5.75 Å². The van der Waals surface area contributed by atoms with Crippen molar-refractivity contribution in [2.45, 2.75) is 39.0 Å². The summed E-state index contributed by atoms with van der Waals surface area (Å²) in [6, 6.07) is 10.7. The van der Waals surface area contributed by atoms with Gasteiger partial charge in [-0.05, 0) is 67.7 Å². The Bertz CT molecular complexity index is 1460. The minimum absolute atomic E-state index is 0.0570. The van der Waals surface area contributed by atoms with E-state index in [1.807, 2.05) is 12.1 Å². The molecule has 1 fully saturated rings. The fourth-order valence-electron chi connectivity index (χ4n) is 4.51. The number of halogens is 3. The molecule has 1 aliphatic rings. The molecule has 0 spiro atoms. The van der Waals surface area contributed by atoms with E-state index in [0.717, 1.165) is 41.3 Å². The molecular formula is C27H33F3N6O3S. The molecule has 0 bridgehead atoms. The third-order valence-corrected chi connectivity index (χ3v) is 7.93. The number of sulfonamides is 1. The van der Waals surface area contributed by atoms with Crippen LogP contribution in [0.5, 0.6) is 5.75 Å². The van der Waals surface area contributed by atoms with Crippen LogP contribution in [0.2, 0.25) is 0 Å². The van der Waals surface area contributed by atoms with Crippen molar-refractivity contribution in [1.82, 2.24) is 14.9 Å². The molecule has 216 valence electrons. The van der Waals surface area contributed by atoms with Gasteiger partial charge in [-0.2, -0.15) is 18.2 Å². The number of aromatic nitrogens is 2.